The fourth-order valence-electron chi connectivity index (χ4n) is 4.56. The Morgan fingerprint density at radius 1 is 0.865 bits per heavy atom. The van der Waals surface area contributed by atoms with E-state index >= 15 is 0 Å². The molecule has 0 N–H and O–H groups in total. The third-order valence-corrected chi connectivity index (χ3v) is 6.32. The Hall–Kier alpha value is -4.26. The molecule has 0 saturated carbocycles. The zero-order valence-electron chi connectivity index (χ0n) is 21.5. The van der Waals surface area contributed by atoms with Crippen molar-refractivity contribution >= 4 is 45.2 Å². The average Bonchev–Trinajstić information content (AvgIpc) is 3.20. The van der Waals surface area contributed by atoms with Gasteiger partial charge in [0.1, 0.15) is 0 Å². The van der Waals surface area contributed by atoms with Crippen LogP contribution < -0.4 is 0 Å². The Bertz CT molecular complexity index is 1530. The molecule has 37 heavy (non-hydrogen) atoms. The van der Waals surface area contributed by atoms with Crippen LogP contribution in [0, 0.1) is 6.92 Å². The summed E-state index contributed by atoms with van der Waals surface area (Å²) in [6.45, 7) is 8.08. The van der Waals surface area contributed by atoms with Gasteiger partial charge in [0.05, 0.1) is 18.7 Å². The van der Waals surface area contributed by atoms with E-state index in [0.29, 0.717) is 23.4 Å². The first-order valence-corrected chi connectivity index (χ1v) is 12.4. The summed E-state index contributed by atoms with van der Waals surface area (Å²) in [5.74, 6) is -0.919. The maximum Gasteiger partial charge on any atom is 0.331 e. The molecule has 0 radical (unpaired) electrons. The van der Waals surface area contributed by atoms with Gasteiger partial charge in [0.25, 0.3) is 0 Å². The van der Waals surface area contributed by atoms with Crippen molar-refractivity contribution in [3.8, 4) is 0 Å². The van der Waals surface area contributed by atoms with Gasteiger partial charge in [-0.3, -0.25) is 9.59 Å². The van der Waals surface area contributed by atoms with Crippen LogP contribution in [-0.2, 0) is 25.7 Å². The van der Waals surface area contributed by atoms with E-state index in [1.54, 1.807) is 6.92 Å². The summed E-state index contributed by atoms with van der Waals surface area (Å²) in [6.07, 6.45) is 0.360. The fourth-order valence-corrected chi connectivity index (χ4v) is 4.56. The van der Waals surface area contributed by atoms with Crippen molar-refractivity contribution in [1.29, 1.82) is 0 Å². The van der Waals surface area contributed by atoms with Crippen molar-refractivity contribution in [2.75, 3.05) is 6.61 Å². The molecule has 190 valence electrons. The van der Waals surface area contributed by atoms with Crippen LogP contribution in [0.15, 0.2) is 65.8 Å². The Kier molecular flexibility index (Phi) is 7.82. The number of hydrogen-bond donors (Lipinski definition) is 0. The molecule has 0 aliphatic rings. The number of carbonyl (C=O) groups excluding carboxylic acids is 3. The van der Waals surface area contributed by atoms with Gasteiger partial charge in [0.2, 0.25) is 0 Å². The predicted molar refractivity (Wildman–Crippen MR) is 144 cm³/mol. The third-order valence-electron chi connectivity index (χ3n) is 6.32. The van der Waals surface area contributed by atoms with Gasteiger partial charge in [-0.25, -0.2) is 4.79 Å². The zero-order valence-corrected chi connectivity index (χ0v) is 21.5. The van der Waals surface area contributed by atoms with E-state index in [0.717, 1.165) is 39.5 Å². The Morgan fingerprint density at radius 3 is 2.14 bits per heavy atom. The SMILES string of the molecule is CCOC(=O)CCC(=NOC(C)=O)c1ccc2c(c1)c1cc(C(=O)c3ccccc3C)ccc1n2CC. The topological polar surface area (TPSA) is 87.0 Å². The predicted octanol–water partition coefficient (Wildman–Crippen LogP) is 5.96. The van der Waals surface area contributed by atoms with E-state index in [1.807, 2.05) is 67.6 Å². The summed E-state index contributed by atoms with van der Waals surface area (Å²) < 4.78 is 7.24. The van der Waals surface area contributed by atoms with Crippen molar-refractivity contribution in [2.45, 2.75) is 47.1 Å². The minimum absolute atomic E-state index is 0.0277. The van der Waals surface area contributed by atoms with E-state index in [-0.39, 0.29) is 24.6 Å². The smallest absolute Gasteiger partial charge is 0.331 e. The lowest BCUT2D eigenvalue weighted by Gasteiger charge is -2.08. The highest BCUT2D eigenvalue weighted by Crippen LogP contribution is 2.32. The largest absolute Gasteiger partial charge is 0.466 e. The van der Waals surface area contributed by atoms with Gasteiger partial charge in [0.15, 0.2) is 5.78 Å². The van der Waals surface area contributed by atoms with E-state index in [4.69, 9.17) is 9.57 Å². The molecule has 7 nitrogen and oxygen atoms in total. The molecule has 1 heterocycles. The summed E-state index contributed by atoms with van der Waals surface area (Å²) >= 11 is 0. The monoisotopic (exact) mass is 498 g/mol. The fraction of sp³-hybridized carbons (Fsp3) is 0.267. The lowest BCUT2D eigenvalue weighted by atomic mass is 9.97. The lowest BCUT2D eigenvalue weighted by Crippen LogP contribution is -2.10. The molecule has 0 unspecified atom stereocenters. The number of nitrogens with zero attached hydrogens (tertiary/aromatic N) is 2. The molecular weight excluding hydrogens is 468 g/mol. The van der Waals surface area contributed by atoms with Gasteiger partial charge in [0, 0.05) is 58.4 Å². The molecule has 0 amide bonds. The van der Waals surface area contributed by atoms with E-state index < -0.39 is 5.97 Å². The summed E-state index contributed by atoms with van der Waals surface area (Å²) in [4.78, 5) is 41.7. The van der Waals surface area contributed by atoms with E-state index in [9.17, 15) is 14.4 Å². The molecule has 0 bridgehead atoms. The van der Waals surface area contributed by atoms with Gasteiger partial charge in [-0.15, -0.1) is 0 Å². The number of carbonyl (C=O) groups is 3. The van der Waals surface area contributed by atoms with Crippen LogP contribution in [-0.4, -0.2) is 34.6 Å². The number of ketones is 1. The normalized spacial score (nSPS) is 11.6. The molecule has 0 aliphatic heterocycles. The molecular formula is C30H30N2O5. The Balaban J connectivity index is 1.82. The van der Waals surface area contributed by atoms with Gasteiger partial charge >= 0.3 is 11.9 Å². The van der Waals surface area contributed by atoms with E-state index in [2.05, 4.69) is 16.6 Å². The van der Waals surface area contributed by atoms with Crippen molar-refractivity contribution in [3.63, 3.8) is 0 Å². The van der Waals surface area contributed by atoms with Crippen molar-refractivity contribution in [1.82, 2.24) is 4.57 Å². The van der Waals surface area contributed by atoms with Gasteiger partial charge in [-0.1, -0.05) is 35.5 Å². The molecule has 0 atom stereocenters. The molecule has 4 aromatic rings. The van der Waals surface area contributed by atoms with Gasteiger partial charge in [-0.05, 0) is 56.7 Å². The molecule has 3 aromatic carbocycles. The lowest BCUT2D eigenvalue weighted by molar-refractivity contribution is -0.143. The number of benzene rings is 3. The summed E-state index contributed by atoms with van der Waals surface area (Å²) in [5, 5.41) is 5.92. The zero-order chi connectivity index (χ0) is 26.5. The highest BCUT2D eigenvalue weighted by molar-refractivity contribution is 6.16. The van der Waals surface area contributed by atoms with Crippen LogP contribution in [0.5, 0.6) is 0 Å². The van der Waals surface area contributed by atoms with Crippen LogP contribution in [0.2, 0.25) is 0 Å². The molecule has 7 heteroatoms. The highest BCUT2D eigenvalue weighted by atomic mass is 16.7. The Morgan fingerprint density at radius 2 is 1.51 bits per heavy atom. The molecule has 0 saturated heterocycles. The van der Waals surface area contributed by atoms with Crippen LogP contribution in [0.3, 0.4) is 0 Å². The number of esters is 1. The van der Waals surface area contributed by atoms with E-state index in [1.165, 1.54) is 6.92 Å². The first-order valence-electron chi connectivity index (χ1n) is 12.4. The standard InChI is InChI=1S/C30H30N2O5/c1-5-32-27-14-11-21(26(31-37-20(4)33)13-16-29(34)36-6-2)17-24(27)25-18-22(12-15-28(25)32)30(35)23-10-8-7-9-19(23)3/h7-12,14-15,17-18H,5-6,13,16H2,1-4H3. The number of ether oxygens (including phenoxy) is 1. The first kappa shape index (κ1) is 25.8. The molecule has 1 aromatic heterocycles. The number of fused-ring (bicyclic) bond motifs is 3. The highest BCUT2D eigenvalue weighted by Gasteiger charge is 2.17. The number of aromatic nitrogens is 1. The number of rotatable bonds is 9. The van der Waals surface area contributed by atoms with Crippen LogP contribution in [0.1, 0.15) is 60.7 Å². The number of aryl methyl sites for hydroxylation is 2. The molecule has 0 aliphatic carbocycles. The first-order chi connectivity index (χ1) is 17.8. The summed E-state index contributed by atoms with van der Waals surface area (Å²) in [5.41, 5.74) is 5.44. The number of hydrogen-bond acceptors (Lipinski definition) is 6. The van der Waals surface area contributed by atoms with Crippen LogP contribution >= 0.6 is 0 Å². The third kappa shape index (κ3) is 5.45. The minimum atomic E-state index is -0.545. The summed E-state index contributed by atoms with van der Waals surface area (Å²) in [6, 6.07) is 19.2. The van der Waals surface area contributed by atoms with Crippen LogP contribution in [0.25, 0.3) is 21.8 Å². The van der Waals surface area contributed by atoms with Crippen LogP contribution in [0.4, 0.5) is 0 Å². The molecule has 0 fully saturated rings. The maximum absolute atomic E-state index is 13.3. The van der Waals surface area contributed by atoms with Gasteiger partial charge < -0.3 is 14.1 Å². The van der Waals surface area contributed by atoms with Crippen molar-refractivity contribution in [3.05, 3.63) is 82.9 Å². The minimum Gasteiger partial charge on any atom is -0.466 e. The Labute approximate surface area is 215 Å². The second-order valence-electron chi connectivity index (χ2n) is 8.78. The molecule has 4 rings (SSSR count). The second kappa shape index (κ2) is 11.2. The van der Waals surface area contributed by atoms with Crippen molar-refractivity contribution in [2.24, 2.45) is 5.16 Å². The summed E-state index contributed by atoms with van der Waals surface area (Å²) in [7, 11) is 0. The van der Waals surface area contributed by atoms with Gasteiger partial charge in [-0.2, -0.15) is 0 Å². The maximum atomic E-state index is 13.3. The number of oxime groups is 1. The van der Waals surface area contributed by atoms with Crippen molar-refractivity contribution < 1.29 is 24.0 Å². The average molecular weight is 499 g/mol. The quantitative estimate of drug-likeness (QED) is 0.0934. The molecule has 0 spiro atoms. The second-order valence-corrected chi connectivity index (χ2v) is 8.78.